The maximum Gasteiger partial charge on any atom is 0.146 e. The van der Waals surface area contributed by atoms with Crippen LogP contribution < -0.4 is 10.6 Å². The molecule has 0 saturated heterocycles. The first-order chi connectivity index (χ1) is 9.04. The summed E-state index contributed by atoms with van der Waals surface area (Å²) < 4.78 is 0.835. The third kappa shape index (κ3) is 3.22. The number of anilines is 2. The van der Waals surface area contributed by atoms with Gasteiger partial charge in [0.25, 0.3) is 0 Å². The lowest BCUT2D eigenvalue weighted by atomic mass is 10.1. The molecule has 0 aliphatic carbocycles. The quantitative estimate of drug-likeness (QED) is 0.871. The average Bonchev–Trinajstić information content (AvgIpc) is 2.89. The van der Waals surface area contributed by atoms with Gasteiger partial charge in [0.15, 0.2) is 0 Å². The molecule has 5 nitrogen and oxygen atoms in total. The van der Waals surface area contributed by atoms with Crippen molar-refractivity contribution in [3.8, 4) is 0 Å². The zero-order valence-electron chi connectivity index (χ0n) is 11.1. The number of nitrogens with one attached hydrogen (secondary N) is 2. The van der Waals surface area contributed by atoms with Crippen LogP contribution >= 0.6 is 27.3 Å². The first-order valence-corrected chi connectivity index (χ1v) is 7.64. The molecule has 2 rings (SSSR count). The van der Waals surface area contributed by atoms with Gasteiger partial charge < -0.3 is 10.6 Å². The second kappa shape index (κ2) is 5.83. The largest absolute Gasteiger partial charge is 0.369 e. The first-order valence-electron chi connectivity index (χ1n) is 5.97. The Balaban J connectivity index is 2.26. The fraction of sp³-hybridized carbons (Fsp3) is 0.417. The molecule has 7 heteroatoms. The Morgan fingerprint density at radius 1 is 1.26 bits per heavy atom. The third-order valence-corrected chi connectivity index (χ3v) is 4.38. The molecule has 0 atom stereocenters. The molecule has 102 valence electrons. The molecular weight excluding hydrogens is 326 g/mol. The SMILES string of the molecule is CCNc1ncnc(NC(C)(C)c2nccs2)c1Br. The Bertz CT molecular complexity index is 541. The molecule has 19 heavy (non-hydrogen) atoms. The van der Waals surface area contributed by atoms with E-state index < -0.39 is 0 Å². The third-order valence-electron chi connectivity index (χ3n) is 2.53. The van der Waals surface area contributed by atoms with E-state index in [-0.39, 0.29) is 5.54 Å². The summed E-state index contributed by atoms with van der Waals surface area (Å²) >= 11 is 5.15. The smallest absolute Gasteiger partial charge is 0.146 e. The van der Waals surface area contributed by atoms with E-state index in [2.05, 4.69) is 55.4 Å². The van der Waals surface area contributed by atoms with Gasteiger partial charge in [0.05, 0.1) is 5.54 Å². The lowest BCUT2D eigenvalue weighted by Crippen LogP contribution is -2.28. The average molecular weight is 342 g/mol. The lowest BCUT2D eigenvalue weighted by molar-refractivity contribution is 0.600. The van der Waals surface area contributed by atoms with Crippen molar-refractivity contribution in [1.82, 2.24) is 15.0 Å². The summed E-state index contributed by atoms with van der Waals surface area (Å²) in [5.41, 5.74) is -0.283. The lowest BCUT2D eigenvalue weighted by Gasteiger charge is -2.25. The zero-order chi connectivity index (χ0) is 13.9. The van der Waals surface area contributed by atoms with Crippen LogP contribution in [0.25, 0.3) is 0 Å². The topological polar surface area (TPSA) is 62.7 Å². The minimum absolute atomic E-state index is 0.283. The number of aromatic nitrogens is 3. The summed E-state index contributed by atoms with van der Waals surface area (Å²) in [4.78, 5) is 12.8. The van der Waals surface area contributed by atoms with E-state index in [9.17, 15) is 0 Å². The van der Waals surface area contributed by atoms with Crippen LogP contribution in [0.5, 0.6) is 0 Å². The summed E-state index contributed by atoms with van der Waals surface area (Å²) in [5.74, 6) is 1.54. The van der Waals surface area contributed by atoms with E-state index in [0.29, 0.717) is 0 Å². The fourth-order valence-corrected chi connectivity index (χ4v) is 2.79. The standard InChI is InChI=1S/C12H16BrN5S/c1-4-14-9-8(13)10(17-7-16-9)18-12(2,3)11-15-5-6-19-11/h5-7H,4H2,1-3H3,(H2,14,16,17,18). The molecule has 0 radical (unpaired) electrons. The van der Waals surface area contributed by atoms with Gasteiger partial charge in [-0.1, -0.05) is 0 Å². The zero-order valence-corrected chi connectivity index (χ0v) is 13.5. The van der Waals surface area contributed by atoms with Crippen molar-refractivity contribution in [2.75, 3.05) is 17.2 Å². The number of rotatable bonds is 5. The van der Waals surface area contributed by atoms with Crippen LogP contribution in [0.2, 0.25) is 0 Å². The van der Waals surface area contributed by atoms with E-state index in [4.69, 9.17) is 0 Å². The molecule has 0 saturated carbocycles. The van der Waals surface area contributed by atoms with E-state index in [1.54, 1.807) is 17.7 Å². The van der Waals surface area contributed by atoms with Gasteiger partial charge in [-0.05, 0) is 36.7 Å². The maximum atomic E-state index is 4.35. The van der Waals surface area contributed by atoms with Crippen LogP contribution in [0.4, 0.5) is 11.6 Å². The highest BCUT2D eigenvalue weighted by atomic mass is 79.9. The second-order valence-corrected chi connectivity index (χ2v) is 6.19. The molecule has 2 N–H and O–H groups in total. The van der Waals surface area contributed by atoms with Crippen molar-refractivity contribution < 1.29 is 0 Å². The van der Waals surface area contributed by atoms with Gasteiger partial charge >= 0.3 is 0 Å². The summed E-state index contributed by atoms with van der Waals surface area (Å²) in [6, 6.07) is 0. The highest BCUT2D eigenvalue weighted by Crippen LogP contribution is 2.32. The van der Waals surface area contributed by atoms with E-state index in [0.717, 1.165) is 27.7 Å². The molecule has 0 amide bonds. The number of nitrogens with zero attached hydrogens (tertiary/aromatic N) is 3. The first kappa shape index (κ1) is 14.2. The molecule has 2 heterocycles. The van der Waals surface area contributed by atoms with Gasteiger partial charge in [-0.3, -0.25) is 0 Å². The monoisotopic (exact) mass is 341 g/mol. The summed E-state index contributed by atoms with van der Waals surface area (Å²) in [6.45, 7) is 6.99. The summed E-state index contributed by atoms with van der Waals surface area (Å²) in [5, 5.41) is 9.57. The van der Waals surface area contributed by atoms with Crippen molar-refractivity contribution in [1.29, 1.82) is 0 Å². The van der Waals surface area contributed by atoms with Crippen molar-refractivity contribution in [3.63, 3.8) is 0 Å². The Kier molecular flexibility index (Phi) is 4.36. The number of thiazole rings is 1. The summed E-state index contributed by atoms with van der Waals surface area (Å²) in [6.07, 6.45) is 3.35. The van der Waals surface area contributed by atoms with Crippen molar-refractivity contribution in [2.24, 2.45) is 0 Å². The molecule has 0 aliphatic heterocycles. The highest BCUT2D eigenvalue weighted by Gasteiger charge is 2.25. The van der Waals surface area contributed by atoms with Gasteiger partial charge in [-0.15, -0.1) is 11.3 Å². The van der Waals surface area contributed by atoms with E-state index in [1.807, 2.05) is 18.5 Å². The van der Waals surface area contributed by atoms with Crippen molar-refractivity contribution >= 4 is 38.9 Å². The van der Waals surface area contributed by atoms with Crippen LogP contribution in [0.1, 0.15) is 25.8 Å². The maximum absolute atomic E-state index is 4.35. The molecule has 0 aliphatic rings. The van der Waals surface area contributed by atoms with Crippen LogP contribution in [0.3, 0.4) is 0 Å². The molecule has 2 aromatic rings. The molecule has 2 aromatic heterocycles. The second-order valence-electron chi connectivity index (χ2n) is 4.50. The van der Waals surface area contributed by atoms with Gasteiger partial charge in [0.2, 0.25) is 0 Å². The van der Waals surface area contributed by atoms with Crippen molar-refractivity contribution in [3.05, 3.63) is 27.4 Å². The molecule has 0 fully saturated rings. The highest BCUT2D eigenvalue weighted by molar-refractivity contribution is 9.10. The molecule has 0 unspecified atom stereocenters. The minimum atomic E-state index is -0.283. The normalized spacial score (nSPS) is 11.4. The van der Waals surface area contributed by atoms with Crippen LogP contribution in [0.15, 0.2) is 22.4 Å². The Labute approximate surface area is 125 Å². The van der Waals surface area contributed by atoms with Gasteiger partial charge in [-0.2, -0.15) is 0 Å². The van der Waals surface area contributed by atoms with E-state index in [1.165, 1.54) is 0 Å². The summed E-state index contributed by atoms with van der Waals surface area (Å²) in [7, 11) is 0. The Morgan fingerprint density at radius 3 is 2.63 bits per heavy atom. The number of halogens is 1. The molecule has 0 bridgehead atoms. The number of hydrogen-bond acceptors (Lipinski definition) is 6. The Hall–Kier alpha value is -1.21. The predicted octanol–water partition coefficient (Wildman–Crippen LogP) is 3.47. The van der Waals surface area contributed by atoms with Crippen molar-refractivity contribution in [2.45, 2.75) is 26.3 Å². The van der Waals surface area contributed by atoms with Gasteiger partial charge in [0, 0.05) is 18.1 Å². The van der Waals surface area contributed by atoms with Crippen LogP contribution in [-0.4, -0.2) is 21.5 Å². The molecule has 0 spiro atoms. The predicted molar refractivity (Wildman–Crippen MR) is 82.7 cm³/mol. The minimum Gasteiger partial charge on any atom is -0.369 e. The van der Waals surface area contributed by atoms with Gasteiger partial charge in [0.1, 0.15) is 27.4 Å². The Morgan fingerprint density at radius 2 is 2.00 bits per heavy atom. The molecule has 0 aromatic carbocycles. The number of hydrogen-bond donors (Lipinski definition) is 2. The van der Waals surface area contributed by atoms with Crippen LogP contribution in [0, 0.1) is 0 Å². The molecular formula is C12H16BrN5S. The van der Waals surface area contributed by atoms with E-state index >= 15 is 0 Å². The van der Waals surface area contributed by atoms with Crippen LogP contribution in [-0.2, 0) is 5.54 Å². The fourth-order valence-electron chi connectivity index (χ4n) is 1.63. The van der Waals surface area contributed by atoms with Gasteiger partial charge in [-0.25, -0.2) is 15.0 Å².